The SMILES string of the molecule is CCCc1ccc(NC(=O)N(C)C(C)c2cc(F)ccc2F)cc1. The van der Waals surface area contributed by atoms with Crippen LogP contribution in [0, 0.1) is 11.6 Å². The minimum atomic E-state index is -0.597. The molecule has 2 aromatic rings. The average molecular weight is 332 g/mol. The van der Waals surface area contributed by atoms with Crippen LogP contribution in [0.25, 0.3) is 0 Å². The lowest BCUT2D eigenvalue weighted by atomic mass is 10.1. The van der Waals surface area contributed by atoms with Crippen molar-refractivity contribution < 1.29 is 13.6 Å². The molecule has 5 heteroatoms. The second-order valence-corrected chi connectivity index (χ2v) is 5.83. The third-order valence-electron chi connectivity index (χ3n) is 4.05. The summed E-state index contributed by atoms with van der Waals surface area (Å²) in [5, 5.41) is 2.77. The number of aryl methyl sites for hydroxylation is 1. The van der Waals surface area contributed by atoms with Crippen LogP contribution in [0.4, 0.5) is 19.3 Å². The molecule has 2 aromatic carbocycles. The first-order chi connectivity index (χ1) is 11.4. The molecule has 3 nitrogen and oxygen atoms in total. The fraction of sp³-hybridized carbons (Fsp3) is 0.316. The number of carbonyl (C=O) groups is 1. The van der Waals surface area contributed by atoms with Gasteiger partial charge in [-0.1, -0.05) is 25.5 Å². The lowest BCUT2D eigenvalue weighted by Gasteiger charge is -2.26. The zero-order chi connectivity index (χ0) is 17.7. The number of urea groups is 1. The molecule has 128 valence electrons. The molecule has 2 amide bonds. The van der Waals surface area contributed by atoms with Crippen LogP contribution in [0.5, 0.6) is 0 Å². The van der Waals surface area contributed by atoms with E-state index in [0.717, 1.165) is 31.0 Å². The minimum Gasteiger partial charge on any atom is -0.321 e. The van der Waals surface area contributed by atoms with Crippen molar-refractivity contribution in [3.05, 3.63) is 65.2 Å². The summed E-state index contributed by atoms with van der Waals surface area (Å²) < 4.78 is 27.2. The number of nitrogens with one attached hydrogen (secondary N) is 1. The third kappa shape index (κ3) is 4.31. The number of hydrogen-bond acceptors (Lipinski definition) is 1. The highest BCUT2D eigenvalue weighted by Gasteiger charge is 2.20. The predicted octanol–water partition coefficient (Wildman–Crippen LogP) is 5.14. The van der Waals surface area contributed by atoms with E-state index in [4.69, 9.17) is 0 Å². The topological polar surface area (TPSA) is 32.3 Å². The van der Waals surface area contributed by atoms with Gasteiger partial charge < -0.3 is 10.2 Å². The summed E-state index contributed by atoms with van der Waals surface area (Å²) in [5.74, 6) is -1.06. The molecule has 0 aliphatic rings. The Morgan fingerprint density at radius 2 is 1.83 bits per heavy atom. The van der Waals surface area contributed by atoms with Gasteiger partial charge in [0.25, 0.3) is 0 Å². The van der Waals surface area contributed by atoms with Gasteiger partial charge in [0.15, 0.2) is 0 Å². The standard InChI is InChI=1S/C19H22F2N2O/c1-4-5-14-6-9-16(10-7-14)22-19(24)23(3)13(2)17-12-15(20)8-11-18(17)21/h6-13H,4-5H2,1-3H3,(H,22,24). The summed E-state index contributed by atoms with van der Waals surface area (Å²) in [4.78, 5) is 13.7. The van der Waals surface area contributed by atoms with Crippen molar-refractivity contribution in [1.82, 2.24) is 4.90 Å². The fourth-order valence-corrected chi connectivity index (χ4v) is 2.47. The van der Waals surface area contributed by atoms with Crippen molar-refractivity contribution in [2.45, 2.75) is 32.7 Å². The van der Waals surface area contributed by atoms with Gasteiger partial charge in [-0.15, -0.1) is 0 Å². The van der Waals surface area contributed by atoms with Gasteiger partial charge in [0.1, 0.15) is 11.6 Å². The Hall–Kier alpha value is -2.43. The van der Waals surface area contributed by atoms with Crippen LogP contribution in [0.2, 0.25) is 0 Å². The van der Waals surface area contributed by atoms with Gasteiger partial charge in [-0.2, -0.15) is 0 Å². The maximum absolute atomic E-state index is 13.9. The summed E-state index contributed by atoms with van der Waals surface area (Å²) in [5.41, 5.74) is 2.02. The maximum Gasteiger partial charge on any atom is 0.322 e. The Morgan fingerprint density at radius 3 is 2.46 bits per heavy atom. The Labute approximate surface area is 141 Å². The van der Waals surface area contributed by atoms with Gasteiger partial charge in [0.05, 0.1) is 6.04 Å². The van der Waals surface area contributed by atoms with Gasteiger partial charge in [-0.3, -0.25) is 0 Å². The van der Waals surface area contributed by atoms with Gasteiger partial charge in [-0.05, 0) is 49.2 Å². The van der Waals surface area contributed by atoms with E-state index >= 15 is 0 Å². The first-order valence-corrected chi connectivity index (χ1v) is 8.00. The largest absolute Gasteiger partial charge is 0.322 e. The van der Waals surface area contributed by atoms with Crippen LogP contribution < -0.4 is 5.32 Å². The molecule has 0 aromatic heterocycles. The van der Waals surface area contributed by atoms with Crippen molar-refractivity contribution >= 4 is 11.7 Å². The Balaban J connectivity index is 2.06. The molecule has 24 heavy (non-hydrogen) atoms. The zero-order valence-corrected chi connectivity index (χ0v) is 14.1. The average Bonchev–Trinajstić information content (AvgIpc) is 2.57. The molecule has 0 saturated carbocycles. The van der Waals surface area contributed by atoms with Crippen LogP contribution in [0.15, 0.2) is 42.5 Å². The molecule has 1 unspecified atom stereocenters. The molecule has 1 atom stereocenters. The normalized spacial score (nSPS) is 11.9. The number of benzene rings is 2. The van der Waals surface area contributed by atoms with Crippen LogP contribution in [-0.4, -0.2) is 18.0 Å². The highest BCUT2D eigenvalue weighted by atomic mass is 19.1. The van der Waals surface area contributed by atoms with E-state index in [-0.39, 0.29) is 11.6 Å². The Kier molecular flexibility index (Phi) is 5.90. The van der Waals surface area contributed by atoms with Crippen molar-refractivity contribution in [2.75, 3.05) is 12.4 Å². The van der Waals surface area contributed by atoms with Crippen LogP contribution in [-0.2, 0) is 6.42 Å². The number of halogens is 2. The van der Waals surface area contributed by atoms with Gasteiger partial charge >= 0.3 is 6.03 Å². The summed E-state index contributed by atoms with van der Waals surface area (Å²) in [6, 6.07) is 9.87. The van der Waals surface area contributed by atoms with Gasteiger partial charge in [0, 0.05) is 18.3 Å². The lowest BCUT2D eigenvalue weighted by Crippen LogP contribution is -2.34. The Morgan fingerprint density at radius 1 is 1.17 bits per heavy atom. The molecule has 1 N–H and O–H groups in total. The fourth-order valence-electron chi connectivity index (χ4n) is 2.47. The summed E-state index contributed by atoms with van der Waals surface area (Å²) in [6.07, 6.45) is 2.05. The molecule has 0 spiro atoms. The molecule has 0 heterocycles. The first kappa shape index (κ1) is 17.9. The number of carbonyl (C=O) groups excluding carboxylic acids is 1. The maximum atomic E-state index is 13.9. The quantitative estimate of drug-likeness (QED) is 0.807. The van der Waals surface area contributed by atoms with Gasteiger partial charge in [0.2, 0.25) is 0 Å². The van der Waals surface area contributed by atoms with Gasteiger partial charge in [-0.25, -0.2) is 13.6 Å². The van der Waals surface area contributed by atoms with E-state index in [1.54, 1.807) is 14.0 Å². The smallest absolute Gasteiger partial charge is 0.321 e. The monoisotopic (exact) mass is 332 g/mol. The summed E-state index contributed by atoms with van der Waals surface area (Å²) in [7, 11) is 1.55. The van der Waals surface area contributed by atoms with E-state index < -0.39 is 17.7 Å². The molecular weight excluding hydrogens is 310 g/mol. The zero-order valence-electron chi connectivity index (χ0n) is 14.1. The molecule has 0 fully saturated rings. The number of amides is 2. The minimum absolute atomic E-state index is 0.144. The van der Waals surface area contributed by atoms with Crippen molar-refractivity contribution in [2.24, 2.45) is 0 Å². The highest BCUT2D eigenvalue weighted by molar-refractivity contribution is 5.89. The van der Waals surface area contributed by atoms with Crippen molar-refractivity contribution in [1.29, 1.82) is 0 Å². The van der Waals surface area contributed by atoms with Crippen molar-refractivity contribution in [3.63, 3.8) is 0 Å². The molecule has 0 aliphatic carbocycles. The molecule has 0 radical (unpaired) electrons. The van der Waals surface area contributed by atoms with E-state index in [0.29, 0.717) is 5.69 Å². The number of anilines is 1. The first-order valence-electron chi connectivity index (χ1n) is 8.00. The molecular formula is C19H22F2N2O. The summed E-state index contributed by atoms with van der Waals surface area (Å²) in [6.45, 7) is 3.76. The molecule has 0 saturated heterocycles. The van der Waals surface area contributed by atoms with Crippen molar-refractivity contribution in [3.8, 4) is 0 Å². The second kappa shape index (κ2) is 7.90. The van der Waals surface area contributed by atoms with E-state index in [1.165, 1.54) is 10.5 Å². The Bertz CT molecular complexity index is 701. The third-order valence-corrected chi connectivity index (χ3v) is 4.05. The lowest BCUT2D eigenvalue weighted by molar-refractivity contribution is 0.207. The summed E-state index contributed by atoms with van der Waals surface area (Å²) >= 11 is 0. The highest BCUT2D eigenvalue weighted by Crippen LogP contribution is 2.23. The number of hydrogen-bond donors (Lipinski definition) is 1. The van der Waals surface area contributed by atoms with E-state index in [9.17, 15) is 13.6 Å². The number of nitrogens with zero attached hydrogens (tertiary/aromatic N) is 1. The van der Waals surface area contributed by atoms with E-state index in [2.05, 4.69) is 12.2 Å². The van der Waals surface area contributed by atoms with E-state index in [1.807, 2.05) is 24.3 Å². The molecule has 2 rings (SSSR count). The van der Waals surface area contributed by atoms with Crippen LogP contribution >= 0.6 is 0 Å². The number of rotatable bonds is 5. The predicted molar refractivity (Wildman–Crippen MR) is 92.0 cm³/mol. The van der Waals surface area contributed by atoms with Crippen LogP contribution in [0.1, 0.15) is 37.4 Å². The van der Waals surface area contributed by atoms with Crippen LogP contribution in [0.3, 0.4) is 0 Å². The molecule has 0 aliphatic heterocycles. The molecule has 0 bridgehead atoms. The second-order valence-electron chi connectivity index (χ2n) is 5.83.